The van der Waals surface area contributed by atoms with E-state index in [9.17, 15) is 0 Å². The molecule has 0 saturated carbocycles. The van der Waals surface area contributed by atoms with Crippen LogP contribution in [0.4, 0.5) is 0 Å². The van der Waals surface area contributed by atoms with Crippen molar-refractivity contribution < 1.29 is 9.47 Å². The summed E-state index contributed by atoms with van der Waals surface area (Å²) in [6, 6.07) is 12.6. The molecule has 6 nitrogen and oxygen atoms in total. The average molecular weight is 559 g/mol. The molecule has 2 atom stereocenters. The summed E-state index contributed by atoms with van der Waals surface area (Å²) >= 11 is 1.86. The van der Waals surface area contributed by atoms with Crippen molar-refractivity contribution >= 4 is 41.3 Å². The Morgan fingerprint density at radius 2 is 1.97 bits per heavy atom. The molecular weight excluding hydrogens is 523 g/mol. The maximum absolute atomic E-state index is 5.78. The van der Waals surface area contributed by atoms with Gasteiger partial charge in [0, 0.05) is 31.1 Å². The van der Waals surface area contributed by atoms with Gasteiger partial charge in [0.15, 0.2) is 5.96 Å². The minimum absolute atomic E-state index is 0. The van der Waals surface area contributed by atoms with Gasteiger partial charge < -0.3 is 20.1 Å². The number of rotatable bonds is 9. The molecule has 0 amide bonds. The third-order valence-corrected chi connectivity index (χ3v) is 6.48. The van der Waals surface area contributed by atoms with Gasteiger partial charge >= 0.3 is 0 Å². The first kappa shape index (κ1) is 25.7. The Kier molecular flexibility index (Phi) is 11.5. The zero-order chi connectivity index (χ0) is 21.2. The third-order valence-electron chi connectivity index (χ3n) is 5.54. The normalized spacial score (nSPS) is 19.4. The van der Waals surface area contributed by atoms with Crippen LogP contribution in [-0.4, -0.2) is 58.3 Å². The molecule has 2 N–H and O–H groups in total. The standard InChI is InChI=1S/C23H34N4O2S.HI/c1-24-23(25-13-6-15-29-20-11-9-19(28-3)10-12-20)26-17-18-7-4-14-27(2)22(18)21-8-5-16-30-21;/h5,8-12,16,18,22H,4,6-7,13-15,17H2,1-3H3,(H2,24,25,26);1H. The van der Waals surface area contributed by atoms with E-state index in [1.54, 1.807) is 7.11 Å². The number of benzene rings is 1. The highest BCUT2D eigenvalue weighted by atomic mass is 127. The highest BCUT2D eigenvalue weighted by Crippen LogP contribution is 2.36. The van der Waals surface area contributed by atoms with E-state index in [0.29, 0.717) is 18.6 Å². The van der Waals surface area contributed by atoms with Crippen molar-refractivity contribution in [1.82, 2.24) is 15.5 Å². The van der Waals surface area contributed by atoms with Crippen molar-refractivity contribution in [3.05, 3.63) is 46.7 Å². The Morgan fingerprint density at radius 3 is 2.65 bits per heavy atom. The second-order valence-electron chi connectivity index (χ2n) is 7.60. The number of ether oxygens (including phenoxy) is 2. The quantitative estimate of drug-likeness (QED) is 0.207. The number of nitrogens with one attached hydrogen (secondary N) is 2. The molecule has 0 radical (unpaired) electrons. The minimum atomic E-state index is 0. The first-order valence-corrected chi connectivity index (χ1v) is 11.5. The van der Waals surface area contributed by atoms with Gasteiger partial charge in [0.2, 0.25) is 0 Å². The van der Waals surface area contributed by atoms with Gasteiger partial charge in [-0.3, -0.25) is 9.89 Å². The van der Waals surface area contributed by atoms with E-state index in [0.717, 1.165) is 37.0 Å². The molecule has 172 valence electrons. The second-order valence-corrected chi connectivity index (χ2v) is 8.58. The van der Waals surface area contributed by atoms with Gasteiger partial charge in [0.05, 0.1) is 13.7 Å². The van der Waals surface area contributed by atoms with Crippen molar-refractivity contribution in [3.63, 3.8) is 0 Å². The van der Waals surface area contributed by atoms with Crippen LogP contribution in [0.5, 0.6) is 11.5 Å². The van der Waals surface area contributed by atoms with Gasteiger partial charge in [-0.25, -0.2) is 0 Å². The fraction of sp³-hybridized carbons (Fsp3) is 0.522. The van der Waals surface area contributed by atoms with Crippen LogP contribution in [0.2, 0.25) is 0 Å². The Morgan fingerprint density at radius 1 is 1.19 bits per heavy atom. The molecule has 0 bridgehead atoms. The van der Waals surface area contributed by atoms with E-state index < -0.39 is 0 Å². The van der Waals surface area contributed by atoms with Crippen LogP contribution in [0.25, 0.3) is 0 Å². The van der Waals surface area contributed by atoms with E-state index in [4.69, 9.17) is 9.47 Å². The lowest BCUT2D eigenvalue weighted by Gasteiger charge is -2.39. The molecule has 1 aliphatic rings. The van der Waals surface area contributed by atoms with Crippen molar-refractivity contribution in [3.8, 4) is 11.5 Å². The number of piperidine rings is 1. The molecule has 3 rings (SSSR count). The number of thiophene rings is 1. The molecule has 1 aliphatic heterocycles. The molecule has 0 spiro atoms. The molecule has 0 aliphatic carbocycles. The lowest BCUT2D eigenvalue weighted by atomic mass is 9.88. The SMILES string of the molecule is CN=C(NCCCOc1ccc(OC)cc1)NCC1CCCN(C)C1c1cccs1.I. The Hall–Kier alpha value is -1.52. The predicted molar refractivity (Wildman–Crippen MR) is 140 cm³/mol. The second kappa shape index (κ2) is 13.8. The highest BCUT2D eigenvalue weighted by Gasteiger charge is 2.31. The number of methoxy groups -OCH3 is 1. The number of guanidine groups is 1. The lowest BCUT2D eigenvalue weighted by molar-refractivity contribution is 0.125. The number of halogens is 1. The number of likely N-dealkylation sites (tertiary alicyclic amines) is 1. The van der Waals surface area contributed by atoms with E-state index >= 15 is 0 Å². The first-order valence-electron chi connectivity index (χ1n) is 10.7. The van der Waals surface area contributed by atoms with Crippen molar-refractivity contribution in [2.75, 3.05) is 47.4 Å². The van der Waals surface area contributed by atoms with Crippen LogP contribution in [0.15, 0.2) is 46.8 Å². The zero-order valence-corrected chi connectivity index (χ0v) is 21.8. The molecule has 2 heterocycles. The molecule has 1 aromatic carbocycles. The molecule has 31 heavy (non-hydrogen) atoms. The number of hydrogen-bond acceptors (Lipinski definition) is 5. The summed E-state index contributed by atoms with van der Waals surface area (Å²) in [5.41, 5.74) is 0. The van der Waals surface area contributed by atoms with E-state index in [-0.39, 0.29) is 24.0 Å². The molecule has 1 fully saturated rings. The number of hydrogen-bond donors (Lipinski definition) is 2. The van der Waals surface area contributed by atoms with Crippen molar-refractivity contribution in [2.45, 2.75) is 25.3 Å². The summed E-state index contributed by atoms with van der Waals surface area (Å²) in [6.45, 7) is 3.56. The maximum atomic E-state index is 5.78. The summed E-state index contributed by atoms with van der Waals surface area (Å²) in [5.74, 6) is 3.14. The highest BCUT2D eigenvalue weighted by molar-refractivity contribution is 14.0. The largest absolute Gasteiger partial charge is 0.497 e. The monoisotopic (exact) mass is 558 g/mol. The predicted octanol–water partition coefficient (Wildman–Crippen LogP) is 4.39. The van der Waals surface area contributed by atoms with E-state index in [1.165, 1.54) is 24.3 Å². The lowest BCUT2D eigenvalue weighted by Crippen LogP contribution is -2.45. The summed E-state index contributed by atoms with van der Waals surface area (Å²) < 4.78 is 10.9. The summed E-state index contributed by atoms with van der Waals surface area (Å²) in [7, 11) is 5.73. The number of aliphatic imine (C=N–C) groups is 1. The fourth-order valence-corrected chi connectivity index (χ4v) is 4.96. The van der Waals surface area contributed by atoms with Crippen LogP contribution in [0.3, 0.4) is 0 Å². The molecule has 1 saturated heterocycles. The van der Waals surface area contributed by atoms with Gasteiger partial charge in [0.25, 0.3) is 0 Å². The maximum Gasteiger partial charge on any atom is 0.190 e. The van der Waals surface area contributed by atoms with Gasteiger partial charge in [0.1, 0.15) is 11.5 Å². The van der Waals surface area contributed by atoms with Crippen molar-refractivity contribution in [1.29, 1.82) is 0 Å². The number of nitrogens with zero attached hydrogens (tertiary/aromatic N) is 2. The smallest absolute Gasteiger partial charge is 0.190 e. The Balaban J connectivity index is 0.00000341. The summed E-state index contributed by atoms with van der Waals surface area (Å²) in [6.07, 6.45) is 3.39. The van der Waals surface area contributed by atoms with Crippen LogP contribution < -0.4 is 20.1 Å². The molecule has 1 aromatic heterocycles. The summed E-state index contributed by atoms with van der Waals surface area (Å²) in [5, 5.41) is 9.11. The summed E-state index contributed by atoms with van der Waals surface area (Å²) in [4.78, 5) is 8.34. The van der Waals surface area contributed by atoms with E-state index in [2.05, 4.69) is 45.1 Å². The van der Waals surface area contributed by atoms with Gasteiger partial charge in [-0.2, -0.15) is 0 Å². The van der Waals surface area contributed by atoms with Gasteiger partial charge in [-0.1, -0.05) is 6.07 Å². The zero-order valence-electron chi connectivity index (χ0n) is 18.7. The van der Waals surface area contributed by atoms with Crippen molar-refractivity contribution in [2.24, 2.45) is 10.9 Å². The Bertz CT molecular complexity index is 770. The molecule has 2 unspecified atom stereocenters. The van der Waals surface area contributed by atoms with E-state index in [1.807, 2.05) is 42.6 Å². The fourth-order valence-electron chi connectivity index (χ4n) is 3.97. The van der Waals surface area contributed by atoms with Crippen LogP contribution in [0.1, 0.15) is 30.2 Å². The Labute approximate surface area is 207 Å². The third kappa shape index (κ3) is 7.84. The molecule has 2 aromatic rings. The van der Waals surface area contributed by atoms with Gasteiger partial charge in [-0.15, -0.1) is 35.3 Å². The van der Waals surface area contributed by atoms with Crippen LogP contribution in [-0.2, 0) is 0 Å². The average Bonchev–Trinajstić information content (AvgIpc) is 3.30. The topological polar surface area (TPSA) is 58.1 Å². The first-order chi connectivity index (χ1) is 14.7. The van der Waals surface area contributed by atoms with Gasteiger partial charge in [-0.05, 0) is 74.5 Å². The van der Waals surface area contributed by atoms with Crippen LogP contribution in [0, 0.1) is 5.92 Å². The van der Waals surface area contributed by atoms with Crippen LogP contribution >= 0.6 is 35.3 Å². The minimum Gasteiger partial charge on any atom is -0.497 e. The molecular formula is C23H35IN4O2S. The molecule has 8 heteroatoms.